The van der Waals surface area contributed by atoms with E-state index in [0.717, 1.165) is 25.7 Å². The summed E-state index contributed by atoms with van der Waals surface area (Å²) >= 11 is 9.17. The third-order valence-electron chi connectivity index (χ3n) is 3.71. The van der Waals surface area contributed by atoms with Crippen LogP contribution >= 0.6 is 27.5 Å². The molecular formula is C14H19BrClNO2S. The quantitative estimate of drug-likeness (QED) is 0.724. The van der Waals surface area contributed by atoms with Gasteiger partial charge in [0.15, 0.2) is 0 Å². The highest BCUT2D eigenvalue weighted by Crippen LogP contribution is 2.30. The van der Waals surface area contributed by atoms with Gasteiger partial charge in [-0.3, -0.25) is 0 Å². The molecule has 0 atom stereocenters. The maximum Gasteiger partial charge on any atom is 0.244 e. The largest absolute Gasteiger partial charge is 0.244 e. The number of halogens is 2. The highest BCUT2D eigenvalue weighted by molar-refractivity contribution is 9.10. The minimum atomic E-state index is -3.49. The van der Waals surface area contributed by atoms with Gasteiger partial charge in [-0.05, 0) is 40.9 Å². The zero-order valence-electron chi connectivity index (χ0n) is 11.3. The molecule has 0 amide bonds. The number of nitrogens with zero attached hydrogens (tertiary/aromatic N) is 1. The monoisotopic (exact) mass is 379 g/mol. The minimum Gasteiger partial charge on any atom is -0.207 e. The van der Waals surface area contributed by atoms with Gasteiger partial charge in [-0.1, -0.05) is 31.4 Å². The fourth-order valence-electron chi connectivity index (χ4n) is 2.73. The summed E-state index contributed by atoms with van der Waals surface area (Å²) in [4.78, 5) is 0.329. The summed E-state index contributed by atoms with van der Waals surface area (Å²) in [6.07, 6.45) is 5.24. The van der Waals surface area contributed by atoms with Crippen molar-refractivity contribution < 1.29 is 8.42 Å². The lowest BCUT2D eigenvalue weighted by Crippen LogP contribution is -2.42. The molecule has 112 valence electrons. The molecule has 0 spiro atoms. The summed E-state index contributed by atoms with van der Waals surface area (Å²) < 4.78 is 28.0. The first-order valence-corrected chi connectivity index (χ1v) is 9.66. The van der Waals surface area contributed by atoms with Gasteiger partial charge in [0, 0.05) is 22.9 Å². The molecule has 3 nitrogen and oxygen atoms in total. The van der Waals surface area contributed by atoms with Crippen LogP contribution < -0.4 is 0 Å². The van der Waals surface area contributed by atoms with Gasteiger partial charge in [-0.15, -0.1) is 11.6 Å². The van der Waals surface area contributed by atoms with Crippen LogP contribution in [-0.4, -0.2) is 31.2 Å². The zero-order chi connectivity index (χ0) is 14.6. The molecule has 0 unspecified atom stereocenters. The Kier molecular flexibility index (Phi) is 5.90. The summed E-state index contributed by atoms with van der Waals surface area (Å²) in [6, 6.07) is 7.04. The van der Waals surface area contributed by atoms with E-state index >= 15 is 0 Å². The van der Waals surface area contributed by atoms with Gasteiger partial charge in [0.1, 0.15) is 0 Å². The van der Waals surface area contributed by atoms with Crippen molar-refractivity contribution in [3.05, 3.63) is 28.7 Å². The normalized spacial score (nSPS) is 17.6. The molecule has 6 heteroatoms. The standard InChI is InChI=1S/C14H19BrClNO2S/c15-13-8-4-5-9-14(13)20(18,19)17(11-10-16)12-6-2-1-3-7-12/h4-5,8-9,12H,1-3,6-7,10-11H2. The predicted molar refractivity (Wildman–Crippen MR) is 85.6 cm³/mol. The van der Waals surface area contributed by atoms with E-state index in [2.05, 4.69) is 15.9 Å². The van der Waals surface area contributed by atoms with Crippen LogP contribution in [0.4, 0.5) is 0 Å². The molecule has 0 aromatic heterocycles. The molecule has 0 N–H and O–H groups in total. The molecule has 1 aromatic carbocycles. The van der Waals surface area contributed by atoms with Gasteiger partial charge >= 0.3 is 0 Å². The topological polar surface area (TPSA) is 37.4 Å². The van der Waals surface area contributed by atoms with Crippen LogP contribution in [0.1, 0.15) is 32.1 Å². The molecule has 0 heterocycles. The Morgan fingerprint density at radius 2 is 1.85 bits per heavy atom. The van der Waals surface area contributed by atoms with E-state index < -0.39 is 10.0 Å². The van der Waals surface area contributed by atoms with Gasteiger partial charge in [0.2, 0.25) is 10.0 Å². The van der Waals surface area contributed by atoms with Crippen LogP contribution in [0.3, 0.4) is 0 Å². The molecule has 1 aromatic rings. The molecule has 2 rings (SSSR count). The Hall–Kier alpha value is -0.100. The van der Waals surface area contributed by atoms with Crippen molar-refractivity contribution in [1.82, 2.24) is 4.31 Å². The van der Waals surface area contributed by atoms with Gasteiger partial charge in [0.25, 0.3) is 0 Å². The van der Waals surface area contributed by atoms with E-state index in [1.807, 2.05) is 6.07 Å². The van der Waals surface area contributed by atoms with Crippen molar-refractivity contribution >= 4 is 37.6 Å². The molecule has 0 saturated heterocycles. The van der Waals surface area contributed by atoms with Crippen LogP contribution in [0.15, 0.2) is 33.6 Å². The van der Waals surface area contributed by atoms with Gasteiger partial charge in [0.05, 0.1) is 4.90 Å². The number of hydrogen-bond donors (Lipinski definition) is 0. The number of benzene rings is 1. The Bertz CT molecular complexity index is 544. The summed E-state index contributed by atoms with van der Waals surface area (Å²) in [6.45, 7) is 0.371. The molecule has 1 aliphatic carbocycles. The first-order chi connectivity index (χ1) is 9.57. The summed E-state index contributed by atoms with van der Waals surface area (Å²) in [5, 5.41) is 0. The molecule has 1 saturated carbocycles. The van der Waals surface area contributed by atoms with Crippen molar-refractivity contribution in [2.75, 3.05) is 12.4 Å². The van der Waals surface area contributed by atoms with Crippen molar-refractivity contribution in [3.8, 4) is 0 Å². The third-order valence-corrected chi connectivity index (χ3v) is 6.84. The predicted octanol–water partition coefficient (Wildman–Crippen LogP) is 4.01. The van der Waals surface area contributed by atoms with Crippen molar-refractivity contribution in [1.29, 1.82) is 0 Å². The van der Waals surface area contributed by atoms with E-state index in [0.29, 0.717) is 21.8 Å². The van der Waals surface area contributed by atoms with E-state index in [4.69, 9.17) is 11.6 Å². The molecular weight excluding hydrogens is 362 g/mol. The van der Waals surface area contributed by atoms with E-state index in [-0.39, 0.29) is 6.04 Å². The second kappa shape index (κ2) is 7.25. The van der Waals surface area contributed by atoms with Gasteiger partial charge < -0.3 is 0 Å². The maximum atomic E-state index is 12.9. The SMILES string of the molecule is O=S(=O)(c1ccccc1Br)N(CCCl)C1CCCCC1. The second-order valence-corrected chi connectivity index (χ2v) is 8.12. The number of alkyl halides is 1. The van der Waals surface area contributed by atoms with Crippen LogP contribution in [0, 0.1) is 0 Å². The minimum absolute atomic E-state index is 0.0830. The summed E-state index contributed by atoms with van der Waals surface area (Å²) in [5.74, 6) is 0.320. The third kappa shape index (κ3) is 3.56. The maximum absolute atomic E-state index is 12.9. The molecule has 0 bridgehead atoms. The van der Waals surface area contributed by atoms with E-state index in [1.165, 1.54) is 6.42 Å². The first-order valence-electron chi connectivity index (χ1n) is 6.89. The van der Waals surface area contributed by atoms with Crippen molar-refractivity contribution in [3.63, 3.8) is 0 Å². The Morgan fingerprint density at radius 1 is 1.20 bits per heavy atom. The molecule has 0 aliphatic heterocycles. The first kappa shape index (κ1) is 16.3. The van der Waals surface area contributed by atoms with Crippen LogP contribution in [-0.2, 0) is 10.0 Å². The molecule has 0 radical (unpaired) electrons. The average Bonchev–Trinajstić information content (AvgIpc) is 2.45. The van der Waals surface area contributed by atoms with E-state index in [1.54, 1.807) is 22.5 Å². The summed E-state index contributed by atoms with van der Waals surface area (Å²) in [7, 11) is -3.49. The number of hydrogen-bond acceptors (Lipinski definition) is 2. The Labute approximate surface area is 134 Å². The highest BCUT2D eigenvalue weighted by atomic mass is 79.9. The Morgan fingerprint density at radius 3 is 2.45 bits per heavy atom. The molecule has 20 heavy (non-hydrogen) atoms. The number of sulfonamides is 1. The smallest absolute Gasteiger partial charge is 0.207 e. The lowest BCUT2D eigenvalue weighted by molar-refractivity contribution is 0.262. The highest BCUT2D eigenvalue weighted by Gasteiger charge is 2.32. The zero-order valence-corrected chi connectivity index (χ0v) is 14.4. The lowest BCUT2D eigenvalue weighted by Gasteiger charge is -2.33. The molecule has 1 fully saturated rings. The summed E-state index contributed by atoms with van der Waals surface area (Å²) in [5.41, 5.74) is 0. The average molecular weight is 381 g/mol. The fourth-order valence-corrected chi connectivity index (χ4v) is 5.66. The lowest BCUT2D eigenvalue weighted by atomic mass is 9.95. The Balaban J connectivity index is 2.34. The van der Waals surface area contributed by atoms with Crippen LogP contribution in [0.25, 0.3) is 0 Å². The van der Waals surface area contributed by atoms with Crippen molar-refractivity contribution in [2.45, 2.75) is 43.0 Å². The fraction of sp³-hybridized carbons (Fsp3) is 0.571. The molecule has 1 aliphatic rings. The van der Waals surface area contributed by atoms with Gasteiger partial charge in [-0.2, -0.15) is 4.31 Å². The number of rotatable bonds is 5. The van der Waals surface area contributed by atoms with Crippen molar-refractivity contribution in [2.24, 2.45) is 0 Å². The van der Waals surface area contributed by atoms with Gasteiger partial charge in [-0.25, -0.2) is 8.42 Å². The second-order valence-electron chi connectivity index (χ2n) is 5.03. The van der Waals surface area contributed by atoms with E-state index in [9.17, 15) is 8.42 Å². The van der Waals surface area contributed by atoms with Crippen LogP contribution in [0.5, 0.6) is 0 Å². The van der Waals surface area contributed by atoms with Crippen LogP contribution in [0.2, 0.25) is 0 Å².